The van der Waals surface area contributed by atoms with Gasteiger partial charge in [-0.25, -0.2) is 0 Å². The van der Waals surface area contributed by atoms with E-state index >= 15 is 0 Å². The molecular weight excluding hydrogens is 113 g/mol. The van der Waals surface area contributed by atoms with Crippen LogP contribution in [0, 0.1) is 0 Å². The molecule has 0 saturated heterocycles. The summed E-state index contributed by atoms with van der Waals surface area (Å²) in [5.41, 5.74) is 0. The SMILES string of the molecule is CC(F)(F)F.S. The summed E-state index contributed by atoms with van der Waals surface area (Å²) in [5, 5.41) is 0. The second kappa shape index (κ2) is 2.34. The van der Waals surface area contributed by atoms with Crippen molar-refractivity contribution >= 4 is 13.5 Å². The van der Waals surface area contributed by atoms with Crippen molar-refractivity contribution in [2.24, 2.45) is 0 Å². The summed E-state index contributed by atoms with van der Waals surface area (Å²) < 4.78 is 31.1. The third-order valence-electron chi connectivity index (χ3n) is 0. The number of halogens is 3. The molecule has 0 spiro atoms. The Morgan fingerprint density at radius 3 is 1.17 bits per heavy atom. The van der Waals surface area contributed by atoms with Crippen LogP contribution in [-0.4, -0.2) is 6.18 Å². The highest BCUT2D eigenvalue weighted by atomic mass is 32.1. The molecule has 0 aliphatic heterocycles. The highest BCUT2D eigenvalue weighted by Crippen LogP contribution is 2.10. The first-order valence-corrected chi connectivity index (χ1v) is 1.07. The molecule has 0 rings (SSSR count). The quantitative estimate of drug-likeness (QED) is 0.454. The summed E-state index contributed by atoms with van der Waals surface area (Å²) >= 11 is 0. The lowest BCUT2D eigenvalue weighted by atomic mass is 10.8. The maximum absolute atomic E-state index is 10.4. The van der Waals surface area contributed by atoms with Gasteiger partial charge < -0.3 is 0 Å². The van der Waals surface area contributed by atoms with Gasteiger partial charge >= 0.3 is 6.18 Å². The molecule has 0 N–H and O–H groups in total. The van der Waals surface area contributed by atoms with E-state index in [-0.39, 0.29) is 20.4 Å². The molecule has 0 aromatic rings. The molecule has 0 heterocycles. The standard InChI is InChI=1S/C2H3F3.H2S/c1-2(3,4)5;/h1H3;1H2. The van der Waals surface area contributed by atoms with E-state index in [1.807, 2.05) is 0 Å². The predicted molar refractivity (Wildman–Crippen MR) is 22.1 cm³/mol. The van der Waals surface area contributed by atoms with Crippen LogP contribution >= 0.6 is 13.5 Å². The third-order valence-corrected chi connectivity index (χ3v) is 0. The van der Waals surface area contributed by atoms with Crippen LogP contribution in [0.4, 0.5) is 13.2 Å². The van der Waals surface area contributed by atoms with Gasteiger partial charge in [0.1, 0.15) is 0 Å². The second-order valence-corrected chi connectivity index (χ2v) is 0.781. The lowest BCUT2D eigenvalue weighted by Gasteiger charge is -1.88. The molecule has 0 nitrogen and oxygen atoms in total. The fraction of sp³-hybridized carbons (Fsp3) is 1.00. The molecular formula is C2H5F3S. The largest absolute Gasteiger partial charge is 0.386 e. The lowest BCUT2D eigenvalue weighted by molar-refractivity contribution is -0.110. The average Bonchev–Trinajstić information content (AvgIpc) is 0.722. The third kappa shape index (κ3) is 2080. The zero-order valence-electron chi connectivity index (χ0n) is 3.13. The Bertz CT molecular complexity index is 24.3. The van der Waals surface area contributed by atoms with Gasteiger partial charge in [-0.3, -0.25) is 0 Å². The van der Waals surface area contributed by atoms with Crippen LogP contribution in [-0.2, 0) is 0 Å². The predicted octanol–water partition coefficient (Wildman–Crippen LogP) is 1.68. The van der Waals surface area contributed by atoms with E-state index < -0.39 is 6.18 Å². The van der Waals surface area contributed by atoms with Crippen LogP contribution in [0.25, 0.3) is 0 Å². The summed E-state index contributed by atoms with van der Waals surface area (Å²) in [6, 6.07) is 0. The van der Waals surface area contributed by atoms with Gasteiger partial charge in [-0.1, -0.05) is 0 Å². The minimum absolute atomic E-state index is 0. The summed E-state index contributed by atoms with van der Waals surface area (Å²) in [5.74, 6) is 0. The van der Waals surface area contributed by atoms with Gasteiger partial charge in [0.25, 0.3) is 0 Å². The minimum atomic E-state index is -4.00. The Morgan fingerprint density at radius 2 is 1.17 bits per heavy atom. The Morgan fingerprint density at radius 1 is 1.17 bits per heavy atom. The van der Waals surface area contributed by atoms with Crippen molar-refractivity contribution in [1.29, 1.82) is 0 Å². The van der Waals surface area contributed by atoms with Gasteiger partial charge in [0.05, 0.1) is 0 Å². The fourth-order valence-electron chi connectivity index (χ4n) is 0. The van der Waals surface area contributed by atoms with Gasteiger partial charge in [-0.2, -0.15) is 26.7 Å². The summed E-state index contributed by atoms with van der Waals surface area (Å²) in [6.07, 6.45) is -4.00. The van der Waals surface area contributed by atoms with Crippen molar-refractivity contribution in [2.45, 2.75) is 13.1 Å². The molecule has 0 aromatic heterocycles. The second-order valence-electron chi connectivity index (χ2n) is 0.781. The molecule has 0 amide bonds. The van der Waals surface area contributed by atoms with Gasteiger partial charge in [0.15, 0.2) is 0 Å². The maximum Gasteiger partial charge on any atom is 0.386 e. The first-order valence-electron chi connectivity index (χ1n) is 1.07. The molecule has 40 valence electrons. The van der Waals surface area contributed by atoms with E-state index in [2.05, 4.69) is 0 Å². The molecule has 4 heteroatoms. The summed E-state index contributed by atoms with van der Waals surface area (Å²) in [6.45, 7) is 0.188. The fourth-order valence-corrected chi connectivity index (χ4v) is 0. The molecule has 0 aromatic carbocycles. The molecule has 6 heavy (non-hydrogen) atoms. The molecule has 0 fully saturated rings. The Balaban J connectivity index is 0. The number of rotatable bonds is 0. The van der Waals surface area contributed by atoms with Crippen molar-refractivity contribution in [1.82, 2.24) is 0 Å². The van der Waals surface area contributed by atoms with Gasteiger partial charge in [-0.05, 0) is 0 Å². The van der Waals surface area contributed by atoms with Crippen molar-refractivity contribution in [2.75, 3.05) is 0 Å². The van der Waals surface area contributed by atoms with Crippen molar-refractivity contribution in [3.05, 3.63) is 0 Å². The van der Waals surface area contributed by atoms with E-state index in [1.54, 1.807) is 0 Å². The smallest absolute Gasteiger partial charge is 0.197 e. The van der Waals surface area contributed by atoms with Crippen LogP contribution < -0.4 is 0 Å². The number of hydrogen-bond donors (Lipinski definition) is 0. The first kappa shape index (κ1) is 9.46. The van der Waals surface area contributed by atoms with Crippen LogP contribution in [0.3, 0.4) is 0 Å². The van der Waals surface area contributed by atoms with E-state index in [0.29, 0.717) is 0 Å². The molecule has 0 radical (unpaired) electrons. The number of alkyl halides is 3. The lowest BCUT2D eigenvalue weighted by Crippen LogP contribution is -1.95. The topological polar surface area (TPSA) is 0 Å². The number of hydrogen-bond acceptors (Lipinski definition) is 0. The van der Waals surface area contributed by atoms with Gasteiger partial charge in [0, 0.05) is 6.92 Å². The molecule has 0 aliphatic rings. The highest BCUT2D eigenvalue weighted by Gasteiger charge is 2.15. The Labute approximate surface area is 40.8 Å². The van der Waals surface area contributed by atoms with E-state index in [4.69, 9.17) is 0 Å². The maximum atomic E-state index is 10.4. The molecule has 0 aliphatic carbocycles. The van der Waals surface area contributed by atoms with Crippen molar-refractivity contribution < 1.29 is 13.2 Å². The van der Waals surface area contributed by atoms with Gasteiger partial charge in [0.2, 0.25) is 0 Å². The molecule has 0 bridgehead atoms. The summed E-state index contributed by atoms with van der Waals surface area (Å²) in [7, 11) is 0. The Kier molecular flexibility index (Phi) is 3.69. The van der Waals surface area contributed by atoms with Crippen molar-refractivity contribution in [3.8, 4) is 0 Å². The molecule has 0 saturated carbocycles. The van der Waals surface area contributed by atoms with Crippen LogP contribution in [0.1, 0.15) is 6.92 Å². The average molecular weight is 118 g/mol. The normalized spacial score (nSPS) is 10.0. The van der Waals surface area contributed by atoms with Gasteiger partial charge in [-0.15, -0.1) is 0 Å². The van der Waals surface area contributed by atoms with E-state index in [1.165, 1.54) is 0 Å². The summed E-state index contributed by atoms with van der Waals surface area (Å²) in [4.78, 5) is 0. The van der Waals surface area contributed by atoms with Crippen molar-refractivity contribution in [3.63, 3.8) is 0 Å². The molecule has 0 atom stereocenters. The van der Waals surface area contributed by atoms with Crippen LogP contribution in [0.5, 0.6) is 0 Å². The first-order chi connectivity index (χ1) is 2.00. The zero-order chi connectivity index (χ0) is 4.50. The highest BCUT2D eigenvalue weighted by molar-refractivity contribution is 7.59. The van der Waals surface area contributed by atoms with Crippen LogP contribution in [0.15, 0.2) is 0 Å². The molecule has 0 unspecified atom stereocenters. The van der Waals surface area contributed by atoms with Crippen LogP contribution in [0.2, 0.25) is 0 Å². The minimum Gasteiger partial charge on any atom is -0.197 e. The Hall–Kier alpha value is 0.140. The zero-order valence-corrected chi connectivity index (χ0v) is 4.13. The monoisotopic (exact) mass is 118 g/mol. The van der Waals surface area contributed by atoms with E-state index in [9.17, 15) is 13.2 Å². The van der Waals surface area contributed by atoms with E-state index in [0.717, 1.165) is 0 Å².